The van der Waals surface area contributed by atoms with Gasteiger partial charge < -0.3 is 10.4 Å². The minimum Gasteiger partial charge on any atom is -0.477 e. The Morgan fingerprint density at radius 2 is 1.89 bits per heavy atom. The summed E-state index contributed by atoms with van der Waals surface area (Å²) in [6, 6.07) is 0. The fourth-order valence-electron chi connectivity index (χ4n) is 0.175. The summed E-state index contributed by atoms with van der Waals surface area (Å²) in [5.74, 6) is -0.766. The molecule has 0 fully saturated rings. The Bertz CT molecular complexity index is 58.9. The van der Waals surface area contributed by atoms with E-state index < -0.39 is 5.97 Å². The summed E-state index contributed by atoms with van der Waals surface area (Å²) >= 11 is 0. The molecule has 9 heavy (non-hydrogen) atoms. The van der Waals surface area contributed by atoms with Crippen LogP contribution in [0.4, 0.5) is 0 Å². The number of rotatable bonds is 2. The quantitative estimate of drug-likeness (QED) is 0.649. The van der Waals surface area contributed by atoms with Crippen molar-refractivity contribution >= 4 is 5.97 Å². The van der Waals surface area contributed by atoms with E-state index in [-0.39, 0.29) is 54.1 Å². The van der Waals surface area contributed by atoms with Crippen molar-refractivity contribution < 1.29 is 47.9 Å². The Morgan fingerprint density at radius 3 is 1.89 bits per heavy atom. The van der Waals surface area contributed by atoms with E-state index in [4.69, 9.17) is 5.11 Å². The second-order valence-electron chi connectivity index (χ2n) is 1.01. The summed E-state index contributed by atoms with van der Waals surface area (Å²) in [5, 5.41) is 9.48. The van der Waals surface area contributed by atoms with Gasteiger partial charge in [-0.05, 0) is 0 Å². The molecule has 0 bridgehead atoms. The Labute approximate surface area is 82.1 Å². The van der Waals surface area contributed by atoms with Crippen molar-refractivity contribution in [3.63, 3.8) is 0 Å². The molecule has 0 spiro atoms. The zero-order valence-electron chi connectivity index (χ0n) is 4.22. The van der Waals surface area contributed by atoms with Crippen molar-refractivity contribution in [3.05, 3.63) is 0 Å². The van der Waals surface area contributed by atoms with Gasteiger partial charge in [-0.15, -0.1) is 0 Å². The van der Waals surface area contributed by atoms with Crippen LogP contribution in [0.25, 0.3) is 0 Å². The Kier molecular flexibility index (Phi) is 39.8. The van der Waals surface area contributed by atoms with Crippen LogP contribution in [-0.4, -0.2) is 24.7 Å². The predicted molar refractivity (Wildman–Crippen MR) is 33.8 cm³/mol. The largest absolute Gasteiger partial charge is 0.477 e. The van der Waals surface area contributed by atoms with Gasteiger partial charge in [0.05, 0.1) is 7.05 Å². The van der Waals surface area contributed by atoms with Crippen LogP contribution in [0.1, 0.15) is 14.9 Å². The zero-order valence-corrected chi connectivity index (χ0v) is 7.06. The minimum atomic E-state index is -0.766. The number of likely N-dealkylation sites (N-methyl/N-ethyl adjacent to an activating group) is 1. The molecule has 0 aromatic carbocycles. The first-order valence-electron chi connectivity index (χ1n) is 1.77. The SMILES string of the molecule is C.C.C[NH2+]CC(=O)O.[Y]. The molecule has 55 valence electrons. The van der Waals surface area contributed by atoms with Crippen molar-refractivity contribution in [1.29, 1.82) is 0 Å². The van der Waals surface area contributed by atoms with E-state index in [9.17, 15) is 4.79 Å². The van der Waals surface area contributed by atoms with Crippen LogP contribution in [-0.2, 0) is 37.5 Å². The molecular weight excluding hydrogens is 195 g/mol. The molecule has 0 unspecified atom stereocenters. The van der Waals surface area contributed by atoms with Gasteiger partial charge in [-0.2, -0.15) is 0 Å². The third-order valence-electron chi connectivity index (χ3n) is 0.379. The predicted octanol–water partition coefficient (Wildman–Crippen LogP) is -0.466. The third kappa shape index (κ3) is 29.2. The second-order valence-corrected chi connectivity index (χ2v) is 1.01. The summed E-state index contributed by atoms with van der Waals surface area (Å²) in [6.07, 6.45) is 0. The second kappa shape index (κ2) is 15.8. The van der Waals surface area contributed by atoms with E-state index in [1.54, 1.807) is 12.4 Å². The molecule has 0 aromatic rings. The number of carboxylic acid groups (broad SMARTS) is 1. The average Bonchev–Trinajstić information content (AvgIpc) is 1.35. The Balaban J connectivity index is -0.0000000417. The fourth-order valence-corrected chi connectivity index (χ4v) is 0.175. The molecule has 3 nitrogen and oxygen atoms in total. The number of quaternary nitrogens is 1. The maximum absolute atomic E-state index is 9.57. The number of carboxylic acids is 1. The molecule has 0 saturated heterocycles. The number of aliphatic carboxylic acids is 1. The first kappa shape index (κ1) is 22.7. The molecular formula is C5H16NO2Y+. The first-order chi connectivity index (χ1) is 2.77. The molecule has 3 N–H and O–H groups in total. The van der Waals surface area contributed by atoms with E-state index in [0.29, 0.717) is 0 Å². The molecule has 0 atom stereocenters. The van der Waals surface area contributed by atoms with Crippen LogP contribution in [0.3, 0.4) is 0 Å². The molecule has 0 aliphatic carbocycles. The van der Waals surface area contributed by atoms with Crippen LogP contribution in [0.5, 0.6) is 0 Å². The summed E-state index contributed by atoms with van der Waals surface area (Å²) in [7, 11) is 1.72. The monoisotopic (exact) mass is 211 g/mol. The van der Waals surface area contributed by atoms with Gasteiger partial charge in [0.15, 0.2) is 6.54 Å². The fraction of sp³-hybridized carbons (Fsp3) is 0.800. The smallest absolute Gasteiger partial charge is 0.359 e. The molecule has 0 aliphatic heterocycles. The van der Waals surface area contributed by atoms with Gasteiger partial charge >= 0.3 is 5.97 Å². The summed E-state index contributed by atoms with van der Waals surface area (Å²) < 4.78 is 0. The van der Waals surface area contributed by atoms with E-state index in [0.717, 1.165) is 0 Å². The van der Waals surface area contributed by atoms with Crippen LogP contribution in [0, 0.1) is 0 Å². The van der Waals surface area contributed by atoms with Crippen LogP contribution in [0.15, 0.2) is 0 Å². The number of carbonyl (C=O) groups is 1. The number of hydrogen-bond donors (Lipinski definition) is 2. The molecule has 0 saturated carbocycles. The molecule has 0 amide bonds. The Morgan fingerprint density at radius 1 is 1.56 bits per heavy atom. The van der Waals surface area contributed by atoms with Crippen molar-refractivity contribution in [3.8, 4) is 0 Å². The average molecular weight is 211 g/mol. The maximum atomic E-state index is 9.57. The first-order valence-corrected chi connectivity index (χ1v) is 1.77. The minimum absolute atomic E-state index is 0. The normalized spacial score (nSPS) is 5.44. The molecule has 0 heterocycles. The van der Waals surface area contributed by atoms with Crippen molar-refractivity contribution in [1.82, 2.24) is 0 Å². The third-order valence-corrected chi connectivity index (χ3v) is 0.379. The van der Waals surface area contributed by atoms with Gasteiger partial charge in [-0.25, -0.2) is 4.79 Å². The number of nitrogens with two attached hydrogens (primary N) is 1. The van der Waals surface area contributed by atoms with E-state index in [1.807, 2.05) is 0 Å². The molecule has 0 aromatic heterocycles. The molecule has 4 heteroatoms. The van der Waals surface area contributed by atoms with Gasteiger partial charge in [0, 0.05) is 32.7 Å². The van der Waals surface area contributed by atoms with E-state index in [1.165, 1.54) is 0 Å². The summed E-state index contributed by atoms with van der Waals surface area (Å²) in [4.78, 5) is 9.57. The summed E-state index contributed by atoms with van der Waals surface area (Å²) in [6.45, 7) is 0.167. The summed E-state index contributed by atoms with van der Waals surface area (Å²) in [5.41, 5.74) is 0. The van der Waals surface area contributed by atoms with Crippen LogP contribution < -0.4 is 5.32 Å². The zero-order chi connectivity index (χ0) is 4.99. The van der Waals surface area contributed by atoms with Crippen molar-refractivity contribution in [2.75, 3.05) is 13.6 Å². The van der Waals surface area contributed by atoms with Crippen LogP contribution in [0.2, 0.25) is 0 Å². The van der Waals surface area contributed by atoms with Gasteiger partial charge in [0.1, 0.15) is 0 Å². The molecule has 0 aliphatic rings. The van der Waals surface area contributed by atoms with E-state index >= 15 is 0 Å². The maximum Gasteiger partial charge on any atom is 0.359 e. The Hall–Kier alpha value is 0.534. The van der Waals surface area contributed by atoms with Gasteiger partial charge in [0.25, 0.3) is 0 Å². The number of hydrogen-bond acceptors (Lipinski definition) is 1. The van der Waals surface area contributed by atoms with Crippen LogP contribution >= 0.6 is 0 Å². The standard InChI is InChI=1S/C3H7NO2.2CH4.Y/c1-4-2-3(5)6;;;/h4H,2H2,1H3,(H,5,6);2*1H4;/p+1. The van der Waals surface area contributed by atoms with Gasteiger partial charge in [0.2, 0.25) is 0 Å². The van der Waals surface area contributed by atoms with Gasteiger partial charge in [-0.3, -0.25) is 0 Å². The van der Waals surface area contributed by atoms with E-state index in [2.05, 4.69) is 0 Å². The van der Waals surface area contributed by atoms with Crippen molar-refractivity contribution in [2.24, 2.45) is 0 Å². The van der Waals surface area contributed by atoms with Crippen molar-refractivity contribution in [2.45, 2.75) is 14.9 Å². The van der Waals surface area contributed by atoms with Gasteiger partial charge in [-0.1, -0.05) is 14.9 Å². The molecule has 1 radical (unpaired) electrons. The molecule has 0 rings (SSSR count). The topological polar surface area (TPSA) is 53.9 Å².